The number of carbonyl (C=O) groups excluding carboxylic acids is 2. The second-order valence-corrected chi connectivity index (χ2v) is 9.89. The van der Waals surface area contributed by atoms with Gasteiger partial charge in [0.15, 0.2) is 0 Å². The number of benzene rings is 1. The van der Waals surface area contributed by atoms with Crippen LogP contribution in [0.1, 0.15) is 56.9 Å². The monoisotopic (exact) mass is 440 g/mol. The van der Waals surface area contributed by atoms with Crippen LogP contribution < -0.4 is 5.32 Å². The number of amides is 2. The Labute approximate surface area is 193 Å². The molecule has 0 atom stereocenters. The van der Waals surface area contributed by atoms with Crippen LogP contribution >= 0.6 is 0 Å². The lowest BCUT2D eigenvalue weighted by Gasteiger charge is -2.35. The summed E-state index contributed by atoms with van der Waals surface area (Å²) in [6, 6.07) is 10.9. The quantitative estimate of drug-likeness (QED) is 0.739. The molecule has 4 rings (SSSR count). The second kappa shape index (κ2) is 11.8. The fourth-order valence-electron chi connectivity index (χ4n) is 5.44. The summed E-state index contributed by atoms with van der Waals surface area (Å²) in [5.74, 6) is 0.656. The van der Waals surface area contributed by atoms with Crippen LogP contribution in [0, 0.1) is 5.92 Å². The van der Waals surface area contributed by atoms with Crippen molar-refractivity contribution in [3.63, 3.8) is 0 Å². The van der Waals surface area contributed by atoms with E-state index in [9.17, 15) is 9.59 Å². The van der Waals surface area contributed by atoms with E-state index in [0.717, 1.165) is 84.3 Å². The van der Waals surface area contributed by atoms with E-state index in [1.807, 2.05) is 0 Å². The molecule has 3 aliphatic heterocycles. The van der Waals surface area contributed by atoms with Gasteiger partial charge in [0.2, 0.25) is 11.8 Å². The Balaban J connectivity index is 1.12. The molecule has 0 aromatic heterocycles. The third-order valence-electron chi connectivity index (χ3n) is 7.42. The van der Waals surface area contributed by atoms with E-state index in [1.165, 1.54) is 18.4 Å². The lowest BCUT2D eigenvalue weighted by molar-refractivity contribution is -0.137. The molecule has 32 heavy (non-hydrogen) atoms. The highest BCUT2D eigenvalue weighted by atomic mass is 16.2. The first-order chi connectivity index (χ1) is 15.7. The number of rotatable bonds is 6. The van der Waals surface area contributed by atoms with Crippen molar-refractivity contribution in [3.8, 4) is 0 Å². The number of likely N-dealkylation sites (tertiary alicyclic amines) is 3. The van der Waals surface area contributed by atoms with Crippen LogP contribution in [0.25, 0.3) is 0 Å². The van der Waals surface area contributed by atoms with Crippen molar-refractivity contribution in [3.05, 3.63) is 35.9 Å². The summed E-state index contributed by atoms with van der Waals surface area (Å²) in [5.41, 5.74) is 1.35. The van der Waals surface area contributed by atoms with Gasteiger partial charge in [-0.2, -0.15) is 0 Å². The van der Waals surface area contributed by atoms with Gasteiger partial charge in [0.25, 0.3) is 0 Å². The normalized spacial score (nSPS) is 22.4. The molecule has 1 N–H and O–H groups in total. The highest BCUT2D eigenvalue weighted by Gasteiger charge is 2.30. The van der Waals surface area contributed by atoms with Crippen molar-refractivity contribution in [2.75, 3.05) is 45.8 Å². The minimum absolute atomic E-state index is 0.142. The molecule has 0 radical (unpaired) electrons. The Morgan fingerprint density at radius 3 is 2.06 bits per heavy atom. The topological polar surface area (TPSA) is 55.9 Å². The minimum atomic E-state index is 0.142. The number of carbonyl (C=O) groups is 2. The van der Waals surface area contributed by atoms with Crippen molar-refractivity contribution < 1.29 is 9.59 Å². The zero-order valence-corrected chi connectivity index (χ0v) is 19.5. The lowest BCUT2D eigenvalue weighted by atomic mass is 9.95. The Morgan fingerprint density at radius 1 is 0.781 bits per heavy atom. The smallest absolute Gasteiger partial charge is 0.234 e. The molecule has 0 bridgehead atoms. The first kappa shape index (κ1) is 23.2. The molecule has 2 amide bonds. The fourth-order valence-corrected chi connectivity index (χ4v) is 5.44. The number of hydrogen-bond donors (Lipinski definition) is 1. The van der Waals surface area contributed by atoms with E-state index in [-0.39, 0.29) is 17.9 Å². The lowest BCUT2D eigenvalue weighted by Crippen LogP contribution is -2.49. The summed E-state index contributed by atoms with van der Waals surface area (Å²) >= 11 is 0. The molecular formula is C26H40N4O2. The maximum Gasteiger partial charge on any atom is 0.234 e. The maximum atomic E-state index is 12.9. The van der Waals surface area contributed by atoms with Crippen LogP contribution in [0.3, 0.4) is 0 Å². The average molecular weight is 441 g/mol. The van der Waals surface area contributed by atoms with Crippen LogP contribution in [-0.4, -0.2) is 78.4 Å². The van der Waals surface area contributed by atoms with E-state index in [2.05, 4.69) is 50.3 Å². The number of hydrogen-bond acceptors (Lipinski definition) is 4. The first-order valence-electron chi connectivity index (χ1n) is 12.7. The molecule has 0 spiro atoms. The Hall–Kier alpha value is -1.92. The second-order valence-electron chi connectivity index (χ2n) is 9.89. The van der Waals surface area contributed by atoms with Gasteiger partial charge >= 0.3 is 0 Å². The van der Waals surface area contributed by atoms with Gasteiger partial charge in [-0.25, -0.2) is 0 Å². The summed E-state index contributed by atoms with van der Waals surface area (Å²) in [4.78, 5) is 32.3. The standard InChI is InChI=1S/C26H40N4O2/c31-25(27-24-12-18-28(19-13-24)20-22-8-4-3-5-9-22)21-29-16-10-23(11-17-29)26(32)30-14-6-1-2-7-15-30/h3-5,8-9,23-24H,1-2,6-7,10-21H2,(H,27,31). The number of piperidine rings is 2. The highest BCUT2D eigenvalue weighted by Crippen LogP contribution is 2.22. The van der Waals surface area contributed by atoms with Crippen molar-refractivity contribution >= 4 is 11.8 Å². The number of nitrogens with zero attached hydrogens (tertiary/aromatic N) is 3. The third-order valence-corrected chi connectivity index (χ3v) is 7.42. The van der Waals surface area contributed by atoms with E-state index >= 15 is 0 Å². The van der Waals surface area contributed by atoms with E-state index in [1.54, 1.807) is 0 Å². The van der Waals surface area contributed by atoms with Crippen LogP contribution in [0.5, 0.6) is 0 Å². The largest absolute Gasteiger partial charge is 0.352 e. The van der Waals surface area contributed by atoms with Gasteiger partial charge in [-0.15, -0.1) is 0 Å². The number of nitrogens with one attached hydrogen (secondary N) is 1. The van der Waals surface area contributed by atoms with Crippen molar-refractivity contribution in [2.45, 2.75) is 64.0 Å². The van der Waals surface area contributed by atoms with Gasteiger partial charge in [0, 0.05) is 44.7 Å². The van der Waals surface area contributed by atoms with Crippen molar-refractivity contribution in [2.24, 2.45) is 5.92 Å². The average Bonchev–Trinajstić information content (AvgIpc) is 3.11. The Kier molecular flexibility index (Phi) is 8.57. The predicted octanol–water partition coefficient (Wildman–Crippen LogP) is 2.88. The summed E-state index contributed by atoms with van der Waals surface area (Å²) in [7, 11) is 0. The molecule has 0 aliphatic carbocycles. The summed E-state index contributed by atoms with van der Waals surface area (Å²) in [6.45, 7) is 7.10. The van der Waals surface area contributed by atoms with E-state index in [4.69, 9.17) is 0 Å². The van der Waals surface area contributed by atoms with Gasteiger partial charge in [-0.1, -0.05) is 43.2 Å². The molecule has 1 aromatic rings. The molecule has 6 nitrogen and oxygen atoms in total. The molecule has 3 fully saturated rings. The highest BCUT2D eigenvalue weighted by molar-refractivity contribution is 5.79. The summed E-state index contributed by atoms with van der Waals surface area (Å²) < 4.78 is 0. The predicted molar refractivity (Wildman–Crippen MR) is 127 cm³/mol. The summed E-state index contributed by atoms with van der Waals surface area (Å²) in [6.07, 6.45) is 8.62. The van der Waals surface area contributed by atoms with E-state index in [0.29, 0.717) is 12.5 Å². The van der Waals surface area contributed by atoms with Crippen molar-refractivity contribution in [1.82, 2.24) is 20.0 Å². The molecular weight excluding hydrogens is 400 g/mol. The molecule has 6 heteroatoms. The van der Waals surface area contributed by atoms with Gasteiger partial charge in [0.05, 0.1) is 6.54 Å². The van der Waals surface area contributed by atoms with Gasteiger partial charge in [-0.05, 0) is 57.2 Å². The molecule has 3 aliphatic rings. The molecule has 1 aromatic carbocycles. The molecule has 3 heterocycles. The van der Waals surface area contributed by atoms with E-state index < -0.39 is 0 Å². The van der Waals surface area contributed by atoms with Gasteiger partial charge < -0.3 is 10.2 Å². The zero-order chi connectivity index (χ0) is 22.2. The molecule has 176 valence electrons. The third kappa shape index (κ3) is 6.79. The van der Waals surface area contributed by atoms with Crippen LogP contribution in [0.2, 0.25) is 0 Å². The molecule has 3 saturated heterocycles. The van der Waals surface area contributed by atoms with Crippen molar-refractivity contribution in [1.29, 1.82) is 0 Å². The van der Waals surface area contributed by atoms with Crippen LogP contribution in [0.15, 0.2) is 30.3 Å². The Bertz CT molecular complexity index is 717. The maximum absolute atomic E-state index is 12.9. The summed E-state index contributed by atoms with van der Waals surface area (Å²) in [5, 5.41) is 3.26. The molecule has 0 saturated carbocycles. The first-order valence-corrected chi connectivity index (χ1v) is 12.7. The Morgan fingerprint density at radius 2 is 1.41 bits per heavy atom. The van der Waals surface area contributed by atoms with Crippen LogP contribution in [0.4, 0.5) is 0 Å². The molecule has 0 unspecified atom stereocenters. The SMILES string of the molecule is O=C(CN1CCC(C(=O)N2CCCCCC2)CC1)NC1CCN(Cc2ccccc2)CC1. The minimum Gasteiger partial charge on any atom is -0.352 e. The van der Waals surface area contributed by atoms with Crippen LogP contribution in [-0.2, 0) is 16.1 Å². The fraction of sp³-hybridized carbons (Fsp3) is 0.692. The van der Waals surface area contributed by atoms with Gasteiger partial charge in [0.1, 0.15) is 0 Å². The van der Waals surface area contributed by atoms with Gasteiger partial charge in [-0.3, -0.25) is 19.4 Å². The zero-order valence-electron chi connectivity index (χ0n) is 19.5.